The Hall–Kier alpha value is -2.85. The highest BCUT2D eigenvalue weighted by Gasteiger charge is 2.24. The van der Waals surface area contributed by atoms with Gasteiger partial charge in [0.2, 0.25) is 0 Å². The number of likely N-dealkylation sites (tertiary alicyclic amines) is 1. The highest BCUT2D eigenvalue weighted by Crippen LogP contribution is 2.31. The molecule has 33 heavy (non-hydrogen) atoms. The molecular weight excluding hydrogens is 408 g/mol. The molecule has 1 atom stereocenters. The van der Waals surface area contributed by atoms with Gasteiger partial charge >= 0.3 is 0 Å². The molecule has 2 heterocycles. The monoisotopic (exact) mass is 444 g/mol. The van der Waals surface area contributed by atoms with Crippen LogP contribution in [-0.2, 0) is 13.0 Å². The maximum atomic E-state index is 5.56. The van der Waals surface area contributed by atoms with E-state index < -0.39 is 0 Å². The van der Waals surface area contributed by atoms with Gasteiger partial charge in [-0.1, -0.05) is 18.2 Å². The molecule has 1 aliphatic heterocycles. The van der Waals surface area contributed by atoms with Crippen molar-refractivity contribution in [2.24, 2.45) is 0 Å². The Morgan fingerprint density at radius 2 is 1.82 bits per heavy atom. The second-order valence-electron chi connectivity index (χ2n) is 9.32. The molecule has 0 amide bonds. The second kappa shape index (κ2) is 10.4. The van der Waals surface area contributed by atoms with Crippen molar-refractivity contribution in [2.45, 2.75) is 52.5 Å². The van der Waals surface area contributed by atoms with E-state index in [0.29, 0.717) is 5.92 Å². The van der Waals surface area contributed by atoms with E-state index in [1.807, 2.05) is 12.1 Å². The molecule has 0 unspecified atom stereocenters. The lowest BCUT2D eigenvalue weighted by Gasteiger charge is -2.33. The van der Waals surface area contributed by atoms with E-state index in [1.165, 1.54) is 51.9 Å². The van der Waals surface area contributed by atoms with Crippen LogP contribution < -0.4 is 9.47 Å². The van der Waals surface area contributed by atoms with Crippen molar-refractivity contribution in [1.29, 1.82) is 0 Å². The van der Waals surface area contributed by atoms with Crippen molar-refractivity contribution in [2.75, 3.05) is 27.3 Å². The Balaban J connectivity index is 1.43. The first kappa shape index (κ1) is 23.3. The van der Waals surface area contributed by atoms with Crippen LogP contribution >= 0.6 is 0 Å². The van der Waals surface area contributed by atoms with Crippen LogP contribution in [0.25, 0.3) is 0 Å². The van der Waals surface area contributed by atoms with E-state index in [0.717, 1.165) is 37.6 Å². The number of rotatable bonds is 7. The predicted octanol–water partition coefficient (Wildman–Crippen LogP) is 5.99. The molecule has 0 saturated carbocycles. The van der Waals surface area contributed by atoms with Gasteiger partial charge in [-0.05, 0) is 104 Å². The quantitative estimate of drug-likeness (QED) is 0.448. The minimum Gasteiger partial charge on any atom is -0.497 e. The third-order valence-electron chi connectivity index (χ3n) is 7.12. The number of nitrogens with zero attached hydrogens (tertiary/aromatic N) is 2. The van der Waals surface area contributed by atoms with Gasteiger partial charge in [0.05, 0.1) is 14.2 Å². The average molecular weight is 445 g/mol. The van der Waals surface area contributed by atoms with Gasteiger partial charge in [-0.2, -0.15) is 0 Å². The summed E-state index contributed by atoms with van der Waals surface area (Å²) in [6.45, 7) is 9.79. The maximum absolute atomic E-state index is 5.56. The van der Waals surface area contributed by atoms with Crippen LogP contribution in [0, 0.1) is 20.8 Å². The summed E-state index contributed by atoms with van der Waals surface area (Å²) in [6, 6.07) is 14.9. The van der Waals surface area contributed by atoms with Crippen molar-refractivity contribution in [3.63, 3.8) is 0 Å². The molecule has 4 rings (SSSR count). The molecule has 174 valence electrons. The lowest BCUT2D eigenvalue weighted by molar-refractivity contribution is 0.197. The number of pyridine rings is 1. The first-order valence-electron chi connectivity index (χ1n) is 11.9. The number of aromatic nitrogens is 1. The summed E-state index contributed by atoms with van der Waals surface area (Å²) in [7, 11) is 3.46. The average Bonchev–Trinajstić information content (AvgIpc) is 2.85. The topological polar surface area (TPSA) is 34.6 Å². The van der Waals surface area contributed by atoms with Gasteiger partial charge in [-0.3, -0.25) is 9.88 Å². The lowest BCUT2D eigenvalue weighted by Crippen LogP contribution is -2.34. The van der Waals surface area contributed by atoms with Gasteiger partial charge in [0.15, 0.2) is 0 Å². The minimum atomic E-state index is 0.490. The largest absolute Gasteiger partial charge is 0.497 e. The number of piperidine rings is 1. The molecule has 4 heteroatoms. The zero-order valence-corrected chi connectivity index (χ0v) is 20.6. The first-order chi connectivity index (χ1) is 16.0. The maximum Gasteiger partial charge on any atom is 0.122 e. The van der Waals surface area contributed by atoms with Crippen LogP contribution in [0.5, 0.6) is 11.5 Å². The van der Waals surface area contributed by atoms with Crippen molar-refractivity contribution < 1.29 is 9.47 Å². The summed E-state index contributed by atoms with van der Waals surface area (Å²) < 4.78 is 10.9. The molecule has 3 aromatic rings. The summed E-state index contributed by atoms with van der Waals surface area (Å²) >= 11 is 0. The first-order valence-corrected chi connectivity index (χ1v) is 11.9. The normalized spacial score (nSPS) is 16.6. The van der Waals surface area contributed by atoms with Crippen LogP contribution in [-0.4, -0.2) is 37.2 Å². The number of benzene rings is 2. The van der Waals surface area contributed by atoms with Crippen LogP contribution in [0.2, 0.25) is 0 Å². The van der Waals surface area contributed by atoms with Crippen LogP contribution in [0.4, 0.5) is 0 Å². The highest BCUT2D eigenvalue weighted by atomic mass is 16.5. The predicted molar refractivity (Wildman–Crippen MR) is 134 cm³/mol. The SMILES string of the molecule is COc1cccc(Cc2ccc([C@H]3CCCN(Cc4c(C)cc(OC)c(C)c4C)C3)nc2)c1. The van der Waals surface area contributed by atoms with Crippen LogP contribution in [0.3, 0.4) is 0 Å². The molecule has 0 N–H and O–H groups in total. The molecule has 1 fully saturated rings. The van der Waals surface area contributed by atoms with Gasteiger partial charge in [0.25, 0.3) is 0 Å². The van der Waals surface area contributed by atoms with E-state index in [4.69, 9.17) is 14.5 Å². The standard InChI is InChI=1S/C29H36N2O2/c1-20-14-29(33-5)22(3)21(2)27(20)19-31-13-7-9-25(18-31)28-12-11-24(17-30-28)15-23-8-6-10-26(16-23)32-4/h6,8,10-12,14,16-17,25H,7,9,13,15,18-19H2,1-5H3/t25-/m0/s1. The fraction of sp³-hybridized carbons (Fsp3) is 0.414. The Bertz CT molecular complexity index is 1090. The summed E-state index contributed by atoms with van der Waals surface area (Å²) in [5.41, 5.74) is 9.06. The molecule has 1 aliphatic rings. The smallest absolute Gasteiger partial charge is 0.122 e. The zero-order chi connectivity index (χ0) is 23.4. The molecule has 4 nitrogen and oxygen atoms in total. The third-order valence-corrected chi connectivity index (χ3v) is 7.12. The van der Waals surface area contributed by atoms with Crippen LogP contribution in [0.1, 0.15) is 57.8 Å². The van der Waals surface area contributed by atoms with Crippen molar-refractivity contribution in [1.82, 2.24) is 9.88 Å². The number of methoxy groups -OCH3 is 2. The Labute approximate surface area is 198 Å². The van der Waals surface area contributed by atoms with Gasteiger partial charge in [-0.25, -0.2) is 0 Å². The third kappa shape index (κ3) is 5.39. The van der Waals surface area contributed by atoms with Crippen molar-refractivity contribution >= 4 is 0 Å². The second-order valence-corrected chi connectivity index (χ2v) is 9.32. The van der Waals surface area contributed by atoms with E-state index >= 15 is 0 Å². The number of hydrogen-bond acceptors (Lipinski definition) is 4. The Kier molecular flexibility index (Phi) is 7.34. The summed E-state index contributed by atoms with van der Waals surface area (Å²) in [5.74, 6) is 2.38. The van der Waals surface area contributed by atoms with Crippen LogP contribution in [0.15, 0.2) is 48.7 Å². The molecule has 1 aromatic heterocycles. The number of hydrogen-bond donors (Lipinski definition) is 0. The molecule has 2 aromatic carbocycles. The molecular formula is C29H36N2O2. The summed E-state index contributed by atoms with van der Waals surface area (Å²) in [4.78, 5) is 7.48. The van der Waals surface area contributed by atoms with E-state index in [9.17, 15) is 0 Å². The summed E-state index contributed by atoms with van der Waals surface area (Å²) in [5, 5.41) is 0. The van der Waals surface area contributed by atoms with Gasteiger partial charge < -0.3 is 9.47 Å². The Morgan fingerprint density at radius 1 is 0.970 bits per heavy atom. The molecule has 0 spiro atoms. The minimum absolute atomic E-state index is 0.490. The molecule has 1 saturated heterocycles. The highest BCUT2D eigenvalue weighted by molar-refractivity contribution is 5.48. The molecule has 0 bridgehead atoms. The molecule has 0 radical (unpaired) electrons. The lowest BCUT2D eigenvalue weighted by atomic mass is 9.92. The van der Waals surface area contributed by atoms with Crippen molar-refractivity contribution in [3.05, 3.63) is 87.7 Å². The Morgan fingerprint density at radius 3 is 2.55 bits per heavy atom. The van der Waals surface area contributed by atoms with Crippen molar-refractivity contribution in [3.8, 4) is 11.5 Å². The molecule has 0 aliphatic carbocycles. The fourth-order valence-corrected chi connectivity index (χ4v) is 5.02. The zero-order valence-electron chi connectivity index (χ0n) is 20.6. The van der Waals surface area contributed by atoms with Gasteiger partial charge in [-0.15, -0.1) is 0 Å². The van der Waals surface area contributed by atoms with Gasteiger partial charge in [0, 0.05) is 30.9 Å². The number of ether oxygens (including phenoxy) is 2. The van der Waals surface area contributed by atoms with Gasteiger partial charge in [0.1, 0.15) is 11.5 Å². The van der Waals surface area contributed by atoms with E-state index in [-0.39, 0.29) is 0 Å². The summed E-state index contributed by atoms with van der Waals surface area (Å²) in [6.07, 6.45) is 5.34. The fourth-order valence-electron chi connectivity index (χ4n) is 5.02. The van der Waals surface area contributed by atoms with E-state index in [2.05, 4.69) is 62.2 Å². The van der Waals surface area contributed by atoms with E-state index in [1.54, 1.807) is 14.2 Å². The number of aryl methyl sites for hydroxylation is 1.